The van der Waals surface area contributed by atoms with E-state index < -0.39 is 13.5 Å². The molecule has 1 aromatic carbocycles. The van der Waals surface area contributed by atoms with E-state index in [0.717, 1.165) is 5.56 Å². The molecular weight excluding hydrogens is 187 g/mol. The van der Waals surface area contributed by atoms with Crippen molar-refractivity contribution in [3.63, 3.8) is 0 Å². The number of rotatable bonds is 3. The van der Waals surface area contributed by atoms with Crippen LogP contribution in [-0.2, 0) is 11.0 Å². The van der Waals surface area contributed by atoms with Crippen molar-refractivity contribution < 1.29 is 14.6 Å². The Morgan fingerprint density at radius 1 is 1.38 bits per heavy atom. The van der Waals surface area contributed by atoms with Gasteiger partial charge in [-0.15, -0.1) is 0 Å². The standard InChI is InChI=1S/C9H9O3P/c10-9(13(11)12)7-6-8-4-2-1-3-5-8/h1-5,7H,6H2,(H-,10,11,12)/p+1. The Labute approximate surface area is 77.2 Å². The first kappa shape index (κ1) is 9.90. The van der Waals surface area contributed by atoms with Crippen molar-refractivity contribution in [3.8, 4) is 0 Å². The second-order valence-electron chi connectivity index (χ2n) is 2.52. The van der Waals surface area contributed by atoms with Crippen molar-refractivity contribution in [2.75, 3.05) is 0 Å². The molecule has 68 valence electrons. The lowest BCUT2D eigenvalue weighted by atomic mass is 10.2. The molecule has 0 fully saturated rings. The fourth-order valence-corrected chi connectivity index (χ4v) is 1.15. The van der Waals surface area contributed by atoms with Crippen molar-refractivity contribution in [2.45, 2.75) is 6.42 Å². The normalized spacial score (nSPS) is 12.7. The summed E-state index contributed by atoms with van der Waals surface area (Å²) in [4.78, 5) is 8.49. The highest BCUT2D eigenvalue weighted by atomic mass is 31.1. The summed E-state index contributed by atoms with van der Waals surface area (Å²) < 4.78 is 10.4. The smallest absolute Gasteiger partial charge is 0.472 e. The van der Waals surface area contributed by atoms with Crippen LogP contribution in [0.2, 0.25) is 0 Å². The van der Waals surface area contributed by atoms with Crippen molar-refractivity contribution in [2.24, 2.45) is 0 Å². The average molecular weight is 197 g/mol. The summed E-state index contributed by atoms with van der Waals surface area (Å²) >= 11 is 0. The summed E-state index contributed by atoms with van der Waals surface area (Å²) in [6, 6.07) is 9.40. The van der Waals surface area contributed by atoms with Gasteiger partial charge in [0.1, 0.15) is 0 Å². The third-order valence-electron chi connectivity index (χ3n) is 1.56. The van der Waals surface area contributed by atoms with E-state index in [0.29, 0.717) is 6.42 Å². The van der Waals surface area contributed by atoms with Crippen LogP contribution in [0.15, 0.2) is 41.9 Å². The predicted octanol–water partition coefficient (Wildman–Crippen LogP) is 2.36. The van der Waals surface area contributed by atoms with E-state index in [9.17, 15) is 4.57 Å². The Morgan fingerprint density at radius 2 is 2.00 bits per heavy atom. The molecular formula is C9H10O3P+. The molecule has 0 heterocycles. The molecule has 0 saturated carbocycles. The summed E-state index contributed by atoms with van der Waals surface area (Å²) in [6.07, 6.45) is 1.81. The van der Waals surface area contributed by atoms with Crippen molar-refractivity contribution >= 4 is 8.03 Å². The first-order chi connectivity index (χ1) is 6.20. The molecule has 0 spiro atoms. The Balaban J connectivity index is 2.62. The van der Waals surface area contributed by atoms with Crippen molar-refractivity contribution in [3.05, 3.63) is 47.5 Å². The number of benzene rings is 1. The quantitative estimate of drug-likeness (QED) is 0.577. The molecule has 2 N–H and O–H groups in total. The minimum absolute atomic E-state index is 0.459. The zero-order chi connectivity index (χ0) is 9.68. The minimum Gasteiger partial charge on any atom is -0.472 e. The number of aliphatic hydroxyl groups is 1. The lowest BCUT2D eigenvalue weighted by Gasteiger charge is -1.92. The molecule has 0 saturated heterocycles. The van der Waals surface area contributed by atoms with Crippen LogP contribution in [0.1, 0.15) is 5.56 Å². The lowest BCUT2D eigenvalue weighted by Crippen LogP contribution is -1.81. The van der Waals surface area contributed by atoms with Gasteiger partial charge < -0.3 is 5.11 Å². The number of allylic oxidation sites excluding steroid dienone is 1. The maximum absolute atomic E-state index is 10.4. The number of hydrogen-bond donors (Lipinski definition) is 2. The monoisotopic (exact) mass is 197 g/mol. The number of hydrogen-bond acceptors (Lipinski definition) is 2. The molecule has 1 aromatic rings. The Hall–Kier alpha value is -1.18. The maximum atomic E-state index is 10.4. The van der Waals surface area contributed by atoms with E-state index in [1.165, 1.54) is 6.08 Å². The molecule has 1 rings (SSSR count). The van der Waals surface area contributed by atoms with E-state index >= 15 is 0 Å². The van der Waals surface area contributed by atoms with Crippen molar-refractivity contribution in [1.29, 1.82) is 0 Å². The zero-order valence-corrected chi connectivity index (χ0v) is 7.82. The summed E-state index contributed by atoms with van der Waals surface area (Å²) in [6.45, 7) is 0. The fraction of sp³-hybridized carbons (Fsp3) is 0.111. The molecule has 0 radical (unpaired) electrons. The van der Waals surface area contributed by atoms with Gasteiger partial charge in [0.25, 0.3) is 0 Å². The van der Waals surface area contributed by atoms with Crippen molar-refractivity contribution in [1.82, 2.24) is 0 Å². The van der Waals surface area contributed by atoms with Gasteiger partial charge in [-0.1, -0.05) is 30.3 Å². The third-order valence-corrected chi connectivity index (χ3v) is 2.13. The van der Waals surface area contributed by atoms with Gasteiger partial charge in [-0.3, -0.25) is 0 Å². The highest BCUT2D eigenvalue weighted by Gasteiger charge is 2.17. The average Bonchev–Trinajstić information content (AvgIpc) is 2.15. The van der Waals surface area contributed by atoms with Crippen LogP contribution in [-0.4, -0.2) is 10.00 Å². The molecule has 0 aliphatic rings. The molecule has 0 aliphatic heterocycles. The highest BCUT2D eigenvalue weighted by molar-refractivity contribution is 7.42. The van der Waals surface area contributed by atoms with E-state index in [1.54, 1.807) is 0 Å². The molecule has 1 atom stereocenters. The van der Waals surface area contributed by atoms with Gasteiger partial charge in [-0.05, 0) is 16.5 Å². The first-order valence-corrected chi connectivity index (χ1v) is 5.00. The van der Waals surface area contributed by atoms with Gasteiger partial charge in [0.05, 0.1) is 0 Å². The molecule has 0 amide bonds. The van der Waals surface area contributed by atoms with Gasteiger partial charge in [0.15, 0.2) is 0 Å². The van der Waals surface area contributed by atoms with Crippen LogP contribution in [0.4, 0.5) is 0 Å². The molecule has 1 unspecified atom stereocenters. The molecule has 4 heteroatoms. The molecule has 0 aliphatic carbocycles. The zero-order valence-electron chi connectivity index (χ0n) is 6.92. The topological polar surface area (TPSA) is 57.5 Å². The third kappa shape index (κ3) is 3.36. The minimum atomic E-state index is -2.59. The largest absolute Gasteiger partial charge is 0.584 e. The maximum Gasteiger partial charge on any atom is 0.584 e. The summed E-state index contributed by atoms with van der Waals surface area (Å²) in [5.41, 5.74) is 0.532. The molecule has 0 bridgehead atoms. The van der Waals surface area contributed by atoms with Gasteiger partial charge in [-0.25, -0.2) is 0 Å². The number of aliphatic hydroxyl groups excluding tert-OH is 1. The lowest BCUT2D eigenvalue weighted by molar-refractivity contribution is 0.415. The fourth-order valence-electron chi connectivity index (χ4n) is 0.901. The van der Waals surface area contributed by atoms with E-state index in [2.05, 4.69) is 0 Å². The molecule has 3 nitrogen and oxygen atoms in total. The van der Waals surface area contributed by atoms with E-state index in [-0.39, 0.29) is 0 Å². The Morgan fingerprint density at radius 3 is 2.54 bits per heavy atom. The van der Waals surface area contributed by atoms with Gasteiger partial charge in [0.2, 0.25) is 0 Å². The van der Waals surface area contributed by atoms with Crippen LogP contribution in [0.3, 0.4) is 0 Å². The van der Waals surface area contributed by atoms with Crippen LogP contribution in [0.5, 0.6) is 0 Å². The summed E-state index contributed by atoms with van der Waals surface area (Å²) in [5, 5.41) is 8.92. The van der Waals surface area contributed by atoms with Crippen LogP contribution in [0, 0.1) is 0 Å². The SMILES string of the molecule is O=[P+](O)C(O)=CCc1ccccc1. The Bertz CT molecular complexity index is 319. The van der Waals surface area contributed by atoms with Crippen LogP contribution < -0.4 is 0 Å². The summed E-state index contributed by atoms with van der Waals surface area (Å²) in [5.74, 6) is 0. The second-order valence-corrected chi connectivity index (χ2v) is 3.53. The van der Waals surface area contributed by atoms with E-state index in [1.807, 2.05) is 30.3 Å². The second kappa shape index (κ2) is 4.75. The van der Waals surface area contributed by atoms with E-state index in [4.69, 9.17) is 10.00 Å². The summed E-state index contributed by atoms with van der Waals surface area (Å²) in [7, 11) is -2.59. The van der Waals surface area contributed by atoms with Crippen LogP contribution in [0.25, 0.3) is 0 Å². The molecule has 13 heavy (non-hydrogen) atoms. The van der Waals surface area contributed by atoms with Gasteiger partial charge >= 0.3 is 13.5 Å². The van der Waals surface area contributed by atoms with Gasteiger partial charge in [-0.2, -0.15) is 4.89 Å². The molecule has 0 aromatic heterocycles. The van der Waals surface area contributed by atoms with Gasteiger partial charge in [0, 0.05) is 6.08 Å². The first-order valence-electron chi connectivity index (χ1n) is 3.79. The highest BCUT2D eigenvalue weighted by Crippen LogP contribution is 2.23. The van der Waals surface area contributed by atoms with Crippen LogP contribution >= 0.6 is 8.03 Å². The Kier molecular flexibility index (Phi) is 3.62. The predicted molar refractivity (Wildman–Crippen MR) is 50.7 cm³/mol.